The molecule has 3 heterocycles. The molecule has 3 N–H and O–H groups in total. The fourth-order valence-corrected chi connectivity index (χ4v) is 3.41. The molecule has 0 saturated heterocycles. The van der Waals surface area contributed by atoms with Crippen molar-refractivity contribution in [1.29, 1.82) is 0 Å². The third-order valence-electron chi connectivity index (χ3n) is 4.78. The first-order valence-corrected chi connectivity index (χ1v) is 8.66. The van der Waals surface area contributed by atoms with Crippen molar-refractivity contribution >= 4 is 16.8 Å². The second-order valence-electron chi connectivity index (χ2n) is 6.61. The van der Waals surface area contributed by atoms with E-state index in [1.807, 2.05) is 5.32 Å². The number of H-pyrrole nitrogens is 1. The second kappa shape index (κ2) is 6.90. The number of halogens is 4. The zero-order valence-corrected chi connectivity index (χ0v) is 14.5. The van der Waals surface area contributed by atoms with Crippen molar-refractivity contribution in [2.24, 2.45) is 0 Å². The summed E-state index contributed by atoms with van der Waals surface area (Å²) in [5.74, 6) is -1.71. The van der Waals surface area contributed by atoms with Crippen LogP contribution in [-0.4, -0.2) is 28.6 Å². The first-order valence-electron chi connectivity index (χ1n) is 8.66. The molecule has 4 rings (SSSR count). The van der Waals surface area contributed by atoms with Crippen LogP contribution in [0.4, 0.5) is 17.6 Å². The Morgan fingerprint density at radius 1 is 1.29 bits per heavy atom. The van der Waals surface area contributed by atoms with E-state index >= 15 is 0 Å². The van der Waals surface area contributed by atoms with E-state index < -0.39 is 23.9 Å². The molecule has 0 aliphatic carbocycles. The summed E-state index contributed by atoms with van der Waals surface area (Å²) in [4.78, 5) is 19.3. The molecular formula is C19H16F4N4O. The lowest BCUT2D eigenvalue weighted by Crippen LogP contribution is -2.38. The third-order valence-corrected chi connectivity index (χ3v) is 4.78. The highest BCUT2D eigenvalue weighted by atomic mass is 19.4. The Kier molecular flexibility index (Phi) is 4.54. The molecule has 0 spiro atoms. The number of nitrogens with zero attached hydrogens (tertiary/aromatic N) is 1. The zero-order valence-electron chi connectivity index (χ0n) is 14.5. The minimum atomic E-state index is -4.81. The van der Waals surface area contributed by atoms with Gasteiger partial charge < -0.3 is 15.6 Å². The number of carbonyl (C=O) groups is 1. The first-order chi connectivity index (χ1) is 13.3. The number of carbonyl (C=O) groups excluding carboxylic acids is 1. The summed E-state index contributed by atoms with van der Waals surface area (Å²) in [7, 11) is 0. The number of hydrogen-bond donors (Lipinski definition) is 3. The van der Waals surface area contributed by atoms with Crippen LogP contribution in [0.3, 0.4) is 0 Å². The maximum absolute atomic E-state index is 14.2. The molecule has 9 heteroatoms. The van der Waals surface area contributed by atoms with Crippen LogP contribution in [0, 0.1) is 5.82 Å². The highest BCUT2D eigenvalue weighted by molar-refractivity contribution is 5.95. The highest BCUT2D eigenvalue weighted by Crippen LogP contribution is 2.37. The van der Waals surface area contributed by atoms with E-state index in [0.29, 0.717) is 19.5 Å². The van der Waals surface area contributed by atoms with Crippen LogP contribution < -0.4 is 10.6 Å². The Labute approximate surface area is 157 Å². The van der Waals surface area contributed by atoms with E-state index in [1.165, 1.54) is 18.3 Å². The summed E-state index contributed by atoms with van der Waals surface area (Å²) >= 11 is 0. The SMILES string of the molecule is O=C(NC(c1c[nH]c2cccc(F)c12)C(F)(F)F)c1cnc2c(c1)CCNC2. The monoisotopic (exact) mass is 392 g/mol. The predicted molar refractivity (Wildman–Crippen MR) is 94.2 cm³/mol. The molecule has 1 aliphatic heterocycles. The maximum atomic E-state index is 14.2. The number of aromatic amines is 1. The van der Waals surface area contributed by atoms with Gasteiger partial charge in [0.1, 0.15) is 5.82 Å². The lowest BCUT2D eigenvalue weighted by atomic mass is 10.0. The van der Waals surface area contributed by atoms with Gasteiger partial charge in [0.05, 0.1) is 11.3 Å². The van der Waals surface area contributed by atoms with Gasteiger partial charge in [-0.1, -0.05) is 6.07 Å². The Balaban J connectivity index is 1.68. The van der Waals surface area contributed by atoms with Crippen LogP contribution in [0.25, 0.3) is 10.9 Å². The molecule has 0 saturated carbocycles. The van der Waals surface area contributed by atoms with Gasteiger partial charge in [-0.2, -0.15) is 13.2 Å². The van der Waals surface area contributed by atoms with Crippen LogP contribution in [0.1, 0.15) is 33.2 Å². The summed E-state index contributed by atoms with van der Waals surface area (Å²) in [6.07, 6.45) is -1.84. The van der Waals surface area contributed by atoms with Crippen molar-refractivity contribution in [2.75, 3.05) is 6.54 Å². The molecule has 5 nitrogen and oxygen atoms in total. The fourth-order valence-electron chi connectivity index (χ4n) is 3.41. The Morgan fingerprint density at radius 3 is 2.89 bits per heavy atom. The Hall–Kier alpha value is -2.94. The number of hydrogen-bond acceptors (Lipinski definition) is 3. The summed E-state index contributed by atoms with van der Waals surface area (Å²) in [6, 6.07) is 3.15. The van der Waals surface area contributed by atoms with Gasteiger partial charge in [-0.25, -0.2) is 4.39 Å². The summed E-state index contributed by atoms with van der Waals surface area (Å²) < 4.78 is 55.3. The lowest BCUT2D eigenvalue weighted by Gasteiger charge is -2.22. The number of aromatic nitrogens is 2. The van der Waals surface area contributed by atoms with Crippen LogP contribution in [0.2, 0.25) is 0 Å². The van der Waals surface area contributed by atoms with Crippen LogP contribution in [-0.2, 0) is 13.0 Å². The normalized spacial score (nSPS) is 15.3. The van der Waals surface area contributed by atoms with E-state index in [-0.39, 0.29) is 22.0 Å². The van der Waals surface area contributed by atoms with Crippen molar-refractivity contribution in [3.05, 3.63) is 64.9 Å². The number of alkyl halides is 3. The molecule has 0 fully saturated rings. The summed E-state index contributed by atoms with van der Waals surface area (Å²) in [5.41, 5.74) is 1.49. The fraction of sp³-hybridized carbons (Fsp3) is 0.263. The molecule has 1 aliphatic rings. The standard InChI is InChI=1S/C19H16F4N4O/c20-13-2-1-3-14-16(13)12(8-26-14)17(19(21,22)23)27-18(28)11-6-10-4-5-24-9-15(10)25-7-11/h1-3,6-8,17,24,26H,4-5,9H2,(H,27,28). The highest BCUT2D eigenvalue weighted by Gasteiger charge is 2.43. The lowest BCUT2D eigenvalue weighted by molar-refractivity contribution is -0.155. The van der Waals surface area contributed by atoms with Gasteiger partial charge in [-0.3, -0.25) is 9.78 Å². The number of rotatable bonds is 3. The van der Waals surface area contributed by atoms with Crippen LogP contribution in [0.5, 0.6) is 0 Å². The molecule has 0 radical (unpaired) electrons. The van der Waals surface area contributed by atoms with E-state index in [4.69, 9.17) is 0 Å². The van der Waals surface area contributed by atoms with Gasteiger partial charge in [0.25, 0.3) is 5.91 Å². The average Bonchev–Trinajstić information content (AvgIpc) is 3.09. The number of nitrogens with one attached hydrogen (secondary N) is 3. The van der Waals surface area contributed by atoms with Crippen molar-refractivity contribution in [3.8, 4) is 0 Å². The molecule has 1 atom stereocenters. The first kappa shape index (κ1) is 18.4. The Morgan fingerprint density at radius 2 is 2.11 bits per heavy atom. The molecule has 1 amide bonds. The predicted octanol–water partition coefficient (Wildman–Crippen LogP) is 3.38. The topological polar surface area (TPSA) is 69.8 Å². The van der Waals surface area contributed by atoms with Crippen molar-refractivity contribution in [2.45, 2.75) is 25.2 Å². The smallest absolute Gasteiger partial charge is 0.361 e. The number of pyridine rings is 1. The van der Waals surface area contributed by atoms with Crippen molar-refractivity contribution in [3.63, 3.8) is 0 Å². The van der Waals surface area contributed by atoms with Gasteiger partial charge in [-0.15, -0.1) is 0 Å². The van der Waals surface area contributed by atoms with Gasteiger partial charge in [0.15, 0.2) is 6.04 Å². The summed E-state index contributed by atoms with van der Waals surface area (Å²) in [5, 5.41) is 4.93. The molecule has 1 aromatic carbocycles. The largest absolute Gasteiger partial charge is 0.412 e. The molecule has 146 valence electrons. The molecule has 0 bridgehead atoms. The minimum Gasteiger partial charge on any atom is -0.361 e. The molecule has 28 heavy (non-hydrogen) atoms. The maximum Gasteiger partial charge on any atom is 0.412 e. The van der Waals surface area contributed by atoms with Gasteiger partial charge >= 0.3 is 6.18 Å². The zero-order chi connectivity index (χ0) is 19.9. The number of benzene rings is 1. The molecule has 2 aromatic heterocycles. The molecule has 1 unspecified atom stereocenters. The van der Waals surface area contributed by atoms with Gasteiger partial charge in [0, 0.05) is 35.4 Å². The minimum absolute atomic E-state index is 0.0372. The van der Waals surface area contributed by atoms with Crippen LogP contribution in [0.15, 0.2) is 36.7 Å². The van der Waals surface area contributed by atoms with E-state index in [1.54, 1.807) is 6.07 Å². The van der Waals surface area contributed by atoms with E-state index in [9.17, 15) is 22.4 Å². The quantitative estimate of drug-likeness (QED) is 0.599. The van der Waals surface area contributed by atoms with E-state index in [0.717, 1.165) is 23.5 Å². The van der Waals surface area contributed by atoms with Crippen LogP contribution >= 0.6 is 0 Å². The second-order valence-corrected chi connectivity index (χ2v) is 6.61. The van der Waals surface area contributed by atoms with Crippen molar-refractivity contribution < 1.29 is 22.4 Å². The number of fused-ring (bicyclic) bond motifs is 2. The number of amides is 1. The summed E-state index contributed by atoms with van der Waals surface area (Å²) in [6.45, 7) is 1.26. The molecule has 3 aromatic rings. The average molecular weight is 392 g/mol. The third kappa shape index (κ3) is 3.33. The molecular weight excluding hydrogens is 376 g/mol. The van der Waals surface area contributed by atoms with Crippen molar-refractivity contribution in [1.82, 2.24) is 20.6 Å². The Bertz CT molecular complexity index is 1040. The van der Waals surface area contributed by atoms with E-state index in [2.05, 4.69) is 15.3 Å². The van der Waals surface area contributed by atoms with Gasteiger partial charge in [0.2, 0.25) is 0 Å². The van der Waals surface area contributed by atoms with Gasteiger partial charge in [-0.05, 0) is 36.7 Å².